The third-order valence-corrected chi connectivity index (χ3v) is 5.14. The predicted molar refractivity (Wildman–Crippen MR) is 96.8 cm³/mol. The van der Waals surface area contributed by atoms with Crippen molar-refractivity contribution in [1.82, 2.24) is 4.72 Å². The third kappa shape index (κ3) is 5.19. The minimum atomic E-state index is -4.49. The topological polar surface area (TPSA) is 128 Å². The summed E-state index contributed by atoms with van der Waals surface area (Å²) in [5.74, 6) is -3.49. The Morgan fingerprint density at radius 2 is 1.76 bits per heavy atom. The van der Waals surface area contributed by atoms with Gasteiger partial charge in [-0.3, -0.25) is 0 Å². The van der Waals surface area contributed by atoms with E-state index in [0.717, 1.165) is 0 Å². The van der Waals surface area contributed by atoms with Crippen molar-refractivity contribution in [3.8, 4) is 0 Å². The second-order valence-corrected chi connectivity index (χ2v) is 10.5. The van der Waals surface area contributed by atoms with Crippen LogP contribution < -0.4 is 4.72 Å². The number of ether oxygens (including phenoxy) is 6. The molecule has 0 aromatic heterocycles. The van der Waals surface area contributed by atoms with Gasteiger partial charge in [0.15, 0.2) is 11.6 Å². The van der Waals surface area contributed by atoms with E-state index in [1.54, 1.807) is 53.2 Å². The van der Waals surface area contributed by atoms with Gasteiger partial charge in [0.2, 0.25) is 5.79 Å². The van der Waals surface area contributed by atoms with Crippen LogP contribution >= 0.6 is 0 Å². The highest BCUT2D eigenvalue weighted by Crippen LogP contribution is 2.47. The first-order chi connectivity index (χ1) is 13.0. The van der Waals surface area contributed by atoms with E-state index < -0.39 is 64.3 Å². The monoisotopic (exact) mass is 439 g/mol. The molecule has 1 N–H and O–H groups in total. The molecule has 3 aliphatic rings. The van der Waals surface area contributed by atoms with Crippen LogP contribution in [0.15, 0.2) is 0 Å². The van der Waals surface area contributed by atoms with Gasteiger partial charge in [-0.15, -0.1) is 0 Å². The number of amides is 1. The molecule has 4 atom stereocenters. The second kappa shape index (κ2) is 7.01. The molecule has 29 heavy (non-hydrogen) atoms. The van der Waals surface area contributed by atoms with Crippen LogP contribution in [0.5, 0.6) is 0 Å². The van der Waals surface area contributed by atoms with Gasteiger partial charge in [-0.25, -0.2) is 8.98 Å². The Morgan fingerprint density at radius 1 is 1.10 bits per heavy atom. The van der Waals surface area contributed by atoms with Crippen molar-refractivity contribution in [2.75, 3.05) is 13.2 Å². The quantitative estimate of drug-likeness (QED) is 0.682. The number of nitrogens with one attached hydrogen (secondary N) is 1. The summed E-state index contributed by atoms with van der Waals surface area (Å²) in [7, 11) is -4.49. The SMILES string of the molecule is CC(C)(C)OC(=O)NS(=O)(=O)OC[C@@]12OC[C@H]3OC(C)(C)O[C@H]3[C@@H]1OC(C)(C)O2. The molecule has 3 rings (SSSR count). The first kappa shape index (κ1) is 22.7. The van der Waals surface area contributed by atoms with Gasteiger partial charge in [-0.1, -0.05) is 0 Å². The molecule has 3 fully saturated rings. The van der Waals surface area contributed by atoms with Crippen molar-refractivity contribution in [3.05, 3.63) is 0 Å². The van der Waals surface area contributed by atoms with Crippen LogP contribution in [0.3, 0.4) is 0 Å². The summed E-state index contributed by atoms with van der Waals surface area (Å²) in [5.41, 5.74) is -0.871. The van der Waals surface area contributed by atoms with E-state index in [0.29, 0.717) is 0 Å². The van der Waals surface area contributed by atoms with Gasteiger partial charge in [0.1, 0.15) is 30.5 Å². The summed E-state index contributed by atoms with van der Waals surface area (Å²) in [6.45, 7) is 11.2. The maximum absolute atomic E-state index is 12.2. The molecule has 1 amide bonds. The number of carbonyl (C=O) groups excluding carboxylic acids is 1. The molecule has 0 aliphatic carbocycles. The summed E-state index contributed by atoms with van der Waals surface area (Å²) in [6, 6.07) is 0. The van der Waals surface area contributed by atoms with Crippen LogP contribution in [0, 0.1) is 0 Å². The highest BCUT2D eigenvalue weighted by atomic mass is 32.2. The molecule has 3 heterocycles. The van der Waals surface area contributed by atoms with Gasteiger partial charge in [-0.2, -0.15) is 13.1 Å². The van der Waals surface area contributed by atoms with Gasteiger partial charge < -0.3 is 28.4 Å². The zero-order valence-corrected chi connectivity index (χ0v) is 18.5. The average molecular weight is 439 g/mol. The molecule has 0 bridgehead atoms. The lowest BCUT2D eigenvalue weighted by Gasteiger charge is -2.40. The smallest absolute Gasteiger partial charge is 0.423 e. The molecule has 0 radical (unpaired) electrons. The van der Waals surface area contributed by atoms with Crippen molar-refractivity contribution in [1.29, 1.82) is 0 Å². The lowest BCUT2D eigenvalue weighted by molar-refractivity contribution is -0.290. The highest BCUT2D eigenvalue weighted by molar-refractivity contribution is 7.85. The lowest BCUT2D eigenvalue weighted by Crippen LogP contribution is -2.60. The van der Waals surface area contributed by atoms with E-state index in [1.807, 2.05) is 0 Å². The summed E-state index contributed by atoms with van der Waals surface area (Å²) in [4.78, 5) is 11.8. The molecule has 3 aliphatic heterocycles. The normalized spacial score (nSPS) is 35.6. The predicted octanol–water partition coefficient (Wildman–Crippen LogP) is 1.17. The maximum Gasteiger partial charge on any atom is 0.423 e. The Balaban J connectivity index is 1.72. The zero-order chi connectivity index (χ0) is 21.9. The summed E-state index contributed by atoms with van der Waals surface area (Å²) in [5, 5.41) is 0. The van der Waals surface area contributed by atoms with Gasteiger partial charge in [-0.05, 0) is 48.5 Å². The third-order valence-electron chi connectivity index (χ3n) is 4.30. The number of hydrogen-bond donors (Lipinski definition) is 1. The Hall–Kier alpha value is -1.02. The van der Waals surface area contributed by atoms with Crippen LogP contribution in [0.4, 0.5) is 4.79 Å². The molecule has 0 aromatic rings. The van der Waals surface area contributed by atoms with Gasteiger partial charge in [0.05, 0.1) is 6.61 Å². The maximum atomic E-state index is 12.2. The lowest BCUT2D eigenvalue weighted by atomic mass is 9.98. The first-order valence-electron chi connectivity index (χ1n) is 9.29. The van der Waals surface area contributed by atoms with E-state index in [4.69, 9.17) is 32.6 Å². The van der Waals surface area contributed by atoms with Crippen LogP contribution in [-0.4, -0.2) is 69.0 Å². The van der Waals surface area contributed by atoms with Crippen LogP contribution in [0.1, 0.15) is 48.5 Å². The number of carbonyl (C=O) groups is 1. The largest absolute Gasteiger partial charge is 0.443 e. The highest BCUT2D eigenvalue weighted by Gasteiger charge is 2.65. The first-order valence-corrected chi connectivity index (χ1v) is 10.7. The number of hydrogen-bond acceptors (Lipinski definition) is 10. The summed E-state index contributed by atoms with van der Waals surface area (Å²) >= 11 is 0. The number of fused-ring (bicyclic) bond motifs is 3. The van der Waals surface area contributed by atoms with Crippen LogP contribution in [-0.2, 0) is 42.9 Å². The Labute approximate surface area is 170 Å². The molecule has 12 heteroatoms. The second-order valence-electron chi connectivity index (χ2n) is 9.12. The number of rotatable bonds is 4. The fraction of sp³-hybridized carbons (Fsp3) is 0.941. The van der Waals surface area contributed by atoms with Crippen molar-refractivity contribution >= 4 is 16.4 Å². The molecule has 3 saturated heterocycles. The Kier molecular flexibility index (Phi) is 5.48. The zero-order valence-electron chi connectivity index (χ0n) is 17.6. The van der Waals surface area contributed by atoms with E-state index in [-0.39, 0.29) is 6.61 Å². The molecular formula is C17H29NO10S. The summed E-state index contributed by atoms with van der Waals surface area (Å²) < 4.78 is 65.4. The molecule has 11 nitrogen and oxygen atoms in total. The van der Waals surface area contributed by atoms with Crippen LogP contribution in [0.2, 0.25) is 0 Å². The van der Waals surface area contributed by atoms with Crippen LogP contribution in [0.25, 0.3) is 0 Å². The molecule has 168 valence electrons. The van der Waals surface area contributed by atoms with E-state index >= 15 is 0 Å². The minimum absolute atomic E-state index is 0.0902. The van der Waals surface area contributed by atoms with E-state index in [9.17, 15) is 13.2 Å². The van der Waals surface area contributed by atoms with Crippen molar-refractivity contribution in [2.45, 2.75) is 89.7 Å². The minimum Gasteiger partial charge on any atom is -0.443 e. The van der Waals surface area contributed by atoms with Crippen molar-refractivity contribution in [3.63, 3.8) is 0 Å². The Bertz CT molecular complexity index is 759. The molecule has 0 saturated carbocycles. The Morgan fingerprint density at radius 3 is 2.38 bits per heavy atom. The van der Waals surface area contributed by atoms with Gasteiger partial charge >= 0.3 is 16.4 Å². The summed E-state index contributed by atoms with van der Waals surface area (Å²) in [6.07, 6.45) is -2.92. The molecular weight excluding hydrogens is 410 g/mol. The molecule has 0 aromatic carbocycles. The van der Waals surface area contributed by atoms with E-state index in [1.165, 1.54) is 0 Å². The van der Waals surface area contributed by atoms with Gasteiger partial charge in [0.25, 0.3) is 0 Å². The standard InChI is InChI=1S/C17H29NO10S/c1-14(2,3)27-13(19)18-29(20,21)23-9-17-12(26-16(6,7)28-17)11-10(8-22-17)24-15(4,5)25-11/h10-12H,8-9H2,1-7H3,(H,18,19)/t10-,11-,12+,17+/m1/s1. The van der Waals surface area contributed by atoms with Crippen molar-refractivity contribution in [2.24, 2.45) is 0 Å². The fourth-order valence-electron chi connectivity index (χ4n) is 3.54. The molecule has 0 spiro atoms. The average Bonchev–Trinajstić information content (AvgIpc) is 2.94. The fourth-order valence-corrected chi connectivity index (χ4v) is 4.16. The van der Waals surface area contributed by atoms with Gasteiger partial charge in [0, 0.05) is 0 Å². The van der Waals surface area contributed by atoms with Crippen molar-refractivity contribution < 1.29 is 45.8 Å². The molecule has 0 unspecified atom stereocenters. The van der Waals surface area contributed by atoms with E-state index in [2.05, 4.69) is 0 Å².